The number of likely N-dealkylation sites (tertiary alicyclic amines) is 1. The Kier molecular flexibility index (Phi) is 5.23. The molecule has 2 atom stereocenters. The number of carbonyl (C=O) groups excluding carboxylic acids is 2. The molecule has 6 heteroatoms. The number of nitrogens with one attached hydrogen (secondary N) is 2. The third kappa shape index (κ3) is 4.20. The van der Waals surface area contributed by atoms with E-state index in [1.165, 1.54) is 11.3 Å². The van der Waals surface area contributed by atoms with E-state index >= 15 is 0 Å². The molecule has 3 aliphatic rings. The van der Waals surface area contributed by atoms with Gasteiger partial charge in [0.05, 0.1) is 5.92 Å². The molecule has 0 aromatic heterocycles. The molecular formula is C21H30N4O2. The number of benzene rings is 1. The zero-order valence-electron chi connectivity index (χ0n) is 16.1. The molecule has 1 saturated carbocycles. The number of rotatable bonds is 4. The highest BCUT2D eigenvalue weighted by atomic mass is 16.2. The number of para-hydroxylation sites is 1. The smallest absolute Gasteiger partial charge is 0.317 e. The topological polar surface area (TPSA) is 64.7 Å². The lowest BCUT2D eigenvalue weighted by atomic mass is 9.90. The summed E-state index contributed by atoms with van der Waals surface area (Å²) in [5.41, 5.74) is 2.57. The maximum atomic E-state index is 12.7. The Hall–Kier alpha value is -2.24. The predicted octanol–water partition coefficient (Wildman–Crippen LogP) is 2.31. The number of urea groups is 1. The molecule has 4 rings (SSSR count). The van der Waals surface area contributed by atoms with E-state index in [-0.39, 0.29) is 17.9 Å². The van der Waals surface area contributed by atoms with Crippen LogP contribution < -0.4 is 15.5 Å². The molecule has 2 unspecified atom stereocenters. The third-order valence-corrected chi connectivity index (χ3v) is 6.10. The second kappa shape index (κ2) is 7.79. The van der Waals surface area contributed by atoms with Gasteiger partial charge in [-0.1, -0.05) is 18.2 Å². The molecule has 2 fully saturated rings. The lowest BCUT2D eigenvalue weighted by Gasteiger charge is -2.35. The summed E-state index contributed by atoms with van der Waals surface area (Å²) in [4.78, 5) is 29.1. The summed E-state index contributed by atoms with van der Waals surface area (Å²) < 4.78 is 0. The highest BCUT2D eigenvalue weighted by Crippen LogP contribution is 2.33. The van der Waals surface area contributed by atoms with Gasteiger partial charge >= 0.3 is 6.03 Å². The fraction of sp³-hybridized carbons (Fsp3) is 0.619. The molecule has 0 radical (unpaired) electrons. The Balaban J connectivity index is 1.31. The second-order valence-electron chi connectivity index (χ2n) is 8.22. The average molecular weight is 370 g/mol. The van der Waals surface area contributed by atoms with Crippen LogP contribution in [0, 0.1) is 5.92 Å². The van der Waals surface area contributed by atoms with Crippen molar-refractivity contribution in [2.45, 2.75) is 44.1 Å². The van der Waals surface area contributed by atoms with E-state index in [9.17, 15) is 9.59 Å². The molecule has 2 heterocycles. The molecule has 6 nitrogen and oxygen atoms in total. The van der Waals surface area contributed by atoms with E-state index in [1.807, 2.05) is 4.90 Å². The molecule has 1 aromatic carbocycles. The van der Waals surface area contributed by atoms with Crippen LogP contribution in [0.15, 0.2) is 24.3 Å². The number of hydrogen-bond donors (Lipinski definition) is 2. The van der Waals surface area contributed by atoms with Gasteiger partial charge in [0.2, 0.25) is 5.91 Å². The summed E-state index contributed by atoms with van der Waals surface area (Å²) in [5.74, 6) is 0.411. The zero-order chi connectivity index (χ0) is 18.8. The first-order valence-electron chi connectivity index (χ1n) is 10.2. The summed E-state index contributed by atoms with van der Waals surface area (Å²) in [6.45, 7) is 2.93. The van der Waals surface area contributed by atoms with E-state index < -0.39 is 0 Å². The predicted molar refractivity (Wildman–Crippen MR) is 106 cm³/mol. The highest BCUT2D eigenvalue weighted by Gasteiger charge is 2.32. The molecule has 146 valence electrons. The van der Waals surface area contributed by atoms with Crippen LogP contribution in [0.4, 0.5) is 10.5 Å². The van der Waals surface area contributed by atoms with Crippen molar-refractivity contribution in [1.29, 1.82) is 0 Å². The fourth-order valence-corrected chi connectivity index (χ4v) is 4.26. The molecule has 2 aliphatic heterocycles. The van der Waals surface area contributed by atoms with Crippen molar-refractivity contribution in [3.05, 3.63) is 29.8 Å². The number of carbonyl (C=O) groups is 2. The maximum Gasteiger partial charge on any atom is 0.317 e. The highest BCUT2D eigenvalue weighted by molar-refractivity contribution is 5.81. The van der Waals surface area contributed by atoms with E-state index in [1.54, 1.807) is 0 Å². The van der Waals surface area contributed by atoms with Gasteiger partial charge in [0.15, 0.2) is 0 Å². The van der Waals surface area contributed by atoms with Crippen molar-refractivity contribution in [1.82, 2.24) is 15.5 Å². The third-order valence-electron chi connectivity index (χ3n) is 6.10. The Labute approximate surface area is 161 Å². The Morgan fingerprint density at radius 1 is 1.11 bits per heavy atom. The minimum atomic E-state index is -0.0610. The summed E-state index contributed by atoms with van der Waals surface area (Å²) in [6, 6.07) is 8.80. The Morgan fingerprint density at radius 3 is 2.74 bits per heavy atom. The van der Waals surface area contributed by atoms with E-state index in [4.69, 9.17) is 0 Å². The molecule has 1 aliphatic carbocycles. The SMILES string of the molecule is CN1CCC(CNC(=O)N2CCCC(C(=O)NC3CC3)C2)c2ccccc21. The van der Waals surface area contributed by atoms with Crippen LogP contribution in [0.25, 0.3) is 0 Å². The van der Waals surface area contributed by atoms with Gasteiger partial charge in [-0.3, -0.25) is 4.79 Å². The van der Waals surface area contributed by atoms with Gasteiger partial charge in [0.25, 0.3) is 0 Å². The van der Waals surface area contributed by atoms with Crippen LogP contribution in [-0.4, -0.2) is 56.1 Å². The largest absolute Gasteiger partial charge is 0.374 e. The maximum absolute atomic E-state index is 12.7. The minimum Gasteiger partial charge on any atom is -0.374 e. The quantitative estimate of drug-likeness (QED) is 0.855. The van der Waals surface area contributed by atoms with Gasteiger partial charge in [-0.05, 0) is 43.7 Å². The first-order valence-corrected chi connectivity index (χ1v) is 10.2. The Morgan fingerprint density at radius 2 is 1.93 bits per heavy atom. The number of fused-ring (bicyclic) bond motifs is 1. The fourth-order valence-electron chi connectivity index (χ4n) is 4.26. The number of amides is 3. The average Bonchev–Trinajstić information content (AvgIpc) is 3.51. The van der Waals surface area contributed by atoms with Gasteiger partial charge in [0, 0.05) is 50.9 Å². The van der Waals surface area contributed by atoms with E-state index in [0.29, 0.717) is 25.0 Å². The van der Waals surface area contributed by atoms with Crippen molar-refractivity contribution < 1.29 is 9.59 Å². The monoisotopic (exact) mass is 370 g/mol. The molecule has 0 spiro atoms. The van der Waals surface area contributed by atoms with Crippen LogP contribution in [0.1, 0.15) is 43.6 Å². The van der Waals surface area contributed by atoms with Crippen molar-refractivity contribution >= 4 is 17.6 Å². The molecule has 1 aromatic rings. The van der Waals surface area contributed by atoms with Crippen LogP contribution in [-0.2, 0) is 4.79 Å². The van der Waals surface area contributed by atoms with Crippen LogP contribution in [0.3, 0.4) is 0 Å². The lowest BCUT2D eigenvalue weighted by molar-refractivity contribution is -0.126. The van der Waals surface area contributed by atoms with Crippen molar-refractivity contribution in [2.24, 2.45) is 5.92 Å². The Bertz CT molecular complexity index is 703. The lowest BCUT2D eigenvalue weighted by Crippen LogP contribution is -2.50. The van der Waals surface area contributed by atoms with Crippen LogP contribution >= 0.6 is 0 Å². The van der Waals surface area contributed by atoms with Gasteiger partial charge < -0.3 is 20.4 Å². The second-order valence-corrected chi connectivity index (χ2v) is 8.22. The first kappa shape index (κ1) is 18.1. The van der Waals surface area contributed by atoms with Crippen LogP contribution in [0.5, 0.6) is 0 Å². The minimum absolute atomic E-state index is 0.0321. The standard InChI is InChI=1S/C21H30N4O2/c1-24-12-10-15(18-6-2-3-7-19(18)24)13-22-21(27)25-11-4-5-16(14-25)20(26)23-17-8-9-17/h2-3,6-7,15-17H,4-5,8-14H2,1H3,(H,22,27)(H,23,26). The van der Waals surface area contributed by atoms with Crippen LogP contribution in [0.2, 0.25) is 0 Å². The normalized spacial score (nSPS) is 24.9. The summed E-state index contributed by atoms with van der Waals surface area (Å²) >= 11 is 0. The van der Waals surface area contributed by atoms with Gasteiger partial charge in [-0.25, -0.2) is 4.79 Å². The molecule has 3 amide bonds. The molecule has 2 N–H and O–H groups in total. The van der Waals surface area contributed by atoms with Crippen molar-refractivity contribution in [3.63, 3.8) is 0 Å². The van der Waals surface area contributed by atoms with E-state index in [2.05, 4.69) is 46.8 Å². The number of anilines is 1. The molecule has 1 saturated heterocycles. The molecule has 0 bridgehead atoms. The molecular weight excluding hydrogens is 340 g/mol. The number of piperidine rings is 1. The van der Waals surface area contributed by atoms with Crippen molar-refractivity contribution in [2.75, 3.05) is 38.1 Å². The zero-order valence-corrected chi connectivity index (χ0v) is 16.1. The number of hydrogen-bond acceptors (Lipinski definition) is 3. The first-order chi connectivity index (χ1) is 13.1. The number of nitrogens with zero attached hydrogens (tertiary/aromatic N) is 2. The summed E-state index contributed by atoms with van der Waals surface area (Å²) in [6.07, 6.45) is 5.01. The van der Waals surface area contributed by atoms with Crippen molar-refractivity contribution in [3.8, 4) is 0 Å². The van der Waals surface area contributed by atoms with Gasteiger partial charge in [0.1, 0.15) is 0 Å². The van der Waals surface area contributed by atoms with Gasteiger partial charge in [-0.15, -0.1) is 0 Å². The van der Waals surface area contributed by atoms with Gasteiger partial charge in [-0.2, -0.15) is 0 Å². The summed E-state index contributed by atoms with van der Waals surface area (Å²) in [7, 11) is 2.12. The molecule has 27 heavy (non-hydrogen) atoms. The summed E-state index contributed by atoms with van der Waals surface area (Å²) in [5, 5.41) is 6.21. The van der Waals surface area contributed by atoms with E-state index in [0.717, 1.165) is 45.2 Å².